The van der Waals surface area contributed by atoms with E-state index in [9.17, 15) is 0 Å². The van der Waals surface area contributed by atoms with Crippen molar-refractivity contribution in [2.45, 2.75) is 40.0 Å². The molecule has 3 aromatic rings. The van der Waals surface area contributed by atoms with Crippen LogP contribution in [0.4, 0.5) is 0 Å². The van der Waals surface area contributed by atoms with Gasteiger partial charge < -0.3 is 9.32 Å². The second kappa shape index (κ2) is 10.9. The molecule has 33 heavy (non-hydrogen) atoms. The van der Waals surface area contributed by atoms with E-state index in [4.69, 9.17) is 4.42 Å². The number of allylic oxidation sites excluding steroid dienone is 1. The minimum absolute atomic E-state index is 0.455. The number of nitrogens with zero attached hydrogens (tertiary/aromatic N) is 4. The van der Waals surface area contributed by atoms with Crippen LogP contribution in [0, 0.1) is 23.7 Å². The first-order valence-corrected chi connectivity index (χ1v) is 12.1. The maximum absolute atomic E-state index is 6.02. The minimum atomic E-state index is 0.455. The third-order valence-corrected chi connectivity index (χ3v) is 6.99. The number of hydrogen-bond acceptors (Lipinski definition) is 5. The zero-order valence-corrected chi connectivity index (χ0v) is 20.3. The first-order valence-electron chi connectivity index (χ1n) is 12.1. The van der Waals surface area contributed by atoms with Gasteiger partial charge in [0, 0.05) is 43.4 Å². The van der Waals surface area contributed by atoms with Gasteiger partial charge >= 0.3 is 0 Å². The van der Waals surface area contributed by atoms with Crippen LogP contribution in [0.15, 0.2) is 70.8 Å². The van der Waals surface area contributed by atoms with E-state index in [1.54, 1.807) is 0 Å². The molecule has 0 aliphatic heterocycles. The fraction of sp³-hybridized carbons (Fsp3) is 0.464. The van der Waals surface area contributed by atoms with Crippen molar-refractivity contribution in [2.24, 2.45) is 23.7 Å². The van der Waals surface area contributed by atoms with Crippen LogP contribution in [0.3, 0.4) is 0 Å². The van der Waals surface area contributed by atoms with Crippen LogP contribution in [-0.2, 0) is 12.8 Å². The monoisotopic (exact) mass is 444 g/mol. The normalized spacial score (nSPS) is 20.9. The molecule has 5 nitrogen and oxygen atoms in total. The number of benzene rings is 1. The molecule has 4 rings (SSSR count). The molecule has 0 radical (unpaired) electrons. The van der Waals surface area contributed by atoms with Crippen molar-refractivity contribution in [3.8, 4) is 11.5 Å². The van der Waals surface area contributed by atoms with Crippen molar-refractivity contribution in [2.75, 3.05) is 20.1 Å². The van der Waals surface area contributed by atoms with Crippen LogP contribution >= 0.6 is 0 Å². The van der Waals surface area contributed by atoms with Gasteiger partial charge in [0.25, 0.3) is 0 Å². The first kappa shape index (κ1) is 23.4. The Labute approximate surface area is 198 Å². The summed E-state index contributed by atoms with van der Waals surface area (Å²) in [5.41, 5.74) is 3.59. The predicted molar refractivity (Wildman–Crippen MR) is 133 cm³/mol. The lowest BCUT2D eigenvalue weighted by Crippen LogP contribution is -2.36. The Morgan fingerprint density at radius 3 is 2.58 bits per heavy atom. The molecule has 3 atom stereocenters. The van der Waals surface area contributed by atoms with Gasteiger partial charge in [-0.3, -0.25) is 4.98 Å². The molecular weight excluding hydrogens is 408 g/mol. The zero-order valence-electron chi connectivity index (χ0n) is 20.3. The molecule has 1 aromatic carbocycles. The highest BCUT2D eigenvalue weighted by atomic mass is 16.4. The van der Waals surface area contributed by atoms with Crippen molar-refractivity contribution in [3.63, 3.8) is 0 Å². The van der Waals surface area contributed by atoms with E-state index in [1.807, 2.05) is 42.6 Å². The molecule has 174 valence electrons. The summed E-state index contributed by atoms with van der Waals surface area (Å²) in [6, 6.07) is 16.2. The molecule has 0 amide bonds. The van der Waals surface area contributed by atoms with Crippen LogP contribution in [0.25, 0.3) is 11.5 Å². The summed E-state index contributed by atoms with van der Waals surface area (Å²) in [6.07, 6.45) is 7.37. The lowest BCUT2D eigenvalue weighted by molar-refractivity contribution is 0.176. The number of hydrogen-bond donors (Lipinski definition) is 0. The Morgan fingerprint density at radius 2 is 1.85 bits per heavy atom. The molecule has 0 spiro atoms. The van der Waals surface area contributed by atoms with Crippen LogP contribution in [0.1, 0.15) is 38.8 Å². The molecule has 0 fully saturated rings. The summed E-state index contributed by atoms with van der Waals surface area (Å²) in [5.74, 6) is 3.64. The standard InChI is InChI=1S/C28H36N4O/c1-20(2)26-17-23(18-27-30-31-28(33-27)22-10-6-5-7-11-22)21(3)16-24(26)19-32(4)15-13-25-12-8-9-14-29-25/h5-12,14,16,20,23-24,26H,13,15,17-19H2,1-4H3/t23-,24-,26-/m0/s1. The molecule has 0 bridgehead atoms. The van der Waals surface area contributed by atoms with Crippen LogP contribution < -0.4 is 0 Å². The average molecular weight is 445 g/mol. The lowest BCUT2D eigenvalue weighted by Gasteiger charge is -2.38. The summed E-state index contributed by atoms with van der Waals surface area (Å²) in [7, 11) is 2.24. The Balaban J connectivity index is 1.39. The Kier molecular flexibility index (Phi) is 7.71. The second-order valence-corrected chi connectivity index (χ2v) is 9.82. The Hall–Kier alpha value is -2.79. The largest absolute Gasteiger partial charge is 0.421 e. The third kappa shape index (κ3) is 6.17. The van der Waals surface area contributed by atoms with E-state index in [1.165, 1.54) is 12.0 Å². The molecule has 1 aliphatic rings. The number of rotatable bonds is 9. The molecular formula is C28H36N4O. The van der Waals surface area contributed by atoms with Crippen molar-refractivity contribution in [1.82, 2.24) is 20.1 Å². The SMILES string of the molecule is CC1=C[C@@H](CN(C)CCc2ccccn2)[C@H](C(C)C)C[C@H]1Cc1nnc(-c2ccccc2)o1. The average Bonchev–Trinajstić information content (AvgIpc) is 3.29. The van der Waals surface area contributed by atoms with E-state index < -0.39 is 0 Å². The van der Waals surface area contributed by atoms with Crippen LogP contribution in [-0.4, -0.2) is 40.2 Å². The quantitative estimate of drug-likeness (QED) is 0.396. The molecule has 0 N–H and O–H groups in total. The minimum Gasteiger partial charge on any atom is -0.421 e. The molecule has 5 heteroatoms. The van der Waals surface area contributed by atoms with Crippen molar-refractivity contribution >= 4 is 0 Å². The van der Waals surface area contributed by atoms with Gasteiger partial charge in [0.15, 0.2) is 0 Å². The molecule has 0 saturated heterocycles. The van der Waals surface area contributed by atoms with E-state index in [2.05, 4.69) is 66.1 Å². The maximum Gasteiger partial charge on any atom is 0.247 e. The van der Waals surface area contributed by atoms with Crippen LogP contribution in [0.5, 0.6) is 0 Å². The summed E-state index contributed by atoms with van der Waals surface area (Å²) in [6.45, 7) is 9.10. The van der Waals surface area contributed by atoms with Gasteiger partial charge in [-0.15, -0.1) is 10.2 Å². The molecule has 1 aliphatic carbocycles. The topological polar surface area (TPSA) is 55.1 Å². The molecule has 0 saturated carbocycles. The summed E-state index contributed by atoms with van der Waals surface area (Å²) in [5, 5.41) is 8.64. The van der Waals surface area contributed by atoms with Gasteiger partial charge in [-0.25, -0.2) is 0 Å². The molecule has 0 unspecified atom stereocenters. The van der Waals surface area contributed by atoms with E-state index in [0.29, 0.717) is 29.6 Å². The predicted octanol–water partition coefficient (Wildman–Crippen LogP) is 5.70. The molecule has 2 heterocycles. The van der Waals surface area contributed by atoms with E-state index in [-0.39, 0.29) is 0 Å². The summed E-state index contributed by atoms with van der Waals surface area (Å²) >= 11 is 0. The van der Waals surface area contributed by atoms with E-state index >= 15 is 0 Å². The highest BCUT2D eigenvalue weighted by molar-refractivity contribution is 5.51. The van der Waals surface area contributed by atoms with Gasteiger partial charge in [0.2, 0.25) is 11.8 Å². The van der Waals surface area contributed by atoms with Crippen molar-refractivity contribution in [3.05, 3.63) is 78.0 Å². The highest BCUT2D eigenvalue weighted by Gasteiger charge is 2.33. The Morgan fingerprint density at radius 1 is 1.06 bits per heavy atom. The van der Waals surface area contributed by atoms with Crippen molar-refractivity contribution < 1.29 is 4.42 Å². The highest BCUT2D eigenvalue weighted by Crippen LogP contribution is 2.39. The van der Waals surface area contributed by atoms with Crippen LogP contribution in [0.2, 0.25) is 0 Å². The smallest absolute Gasteiger partial charge is 0.247 e. The summed E-state index contributed by atoms with van der Waals surface area (Å²) < 4.78 is 6.02. The Bertz CT molecular complexity index is 1030. The number of pyridine rings is 1. The van der Waals surface area contributed by atoms with E-state index in [0.717, 1.165) is 43.1 Å². The number of likely N-dealkylation sites (N-methyl/N-ethyl adjacent to an activating group) is 1. The maximum atomic E-state index is 6.02. The summed E-state index contributed by atoms with van der Waals surface area (Å²) in [4.78, 5) is 6.93. The fourth-order valence-electron chi connectivity index (χ4n) is 5.03. The zero-order chi connectivity index (χ0) is 23.2. The molecule has 2 aromatic heterocycles. The lowest BCUT2D eigenvalue weighted by atomic mass is 9.69. The third-order valence-electron chi connectivity index (χ3n) is 6.99. The fourth-order valence-corrected chi connectivity index (χ4v) is 5.03. The number of aromatic nitrogens is 3. The van der Waals surface area contributed by atoms with Gasteiger partial charge in [0.05, 0.1) is 0 Å². The first-order chi connectivity index (χ1) is 16.0. The van der Waals surface area contributed by atoms with Gasteiger partial charge in [-0.1, -0.05) is 49.8 Å². The van der Waals surface area contributed by atoms with Gasteiger partial charge in [-0.2, -0.15) is 0 Å². The second-order valence-electron chi connectivity index (χ2n) is 9.82. The van der Waals surface area contributed by atoms with Crippen molar-refractivity contribution in [1.29, 1.82) is 0 Å². The van der Waals surface area contributed by atoms with Gasteiger partial charge in [0.1, 0.15) is 0 Å². The van der Waals surface area contributed by atoms with Gasteiger partial charge in [-0.05, 0) is 68.3 Å².